The number of benzene rings is 1. The van der Waals surface area contributed by atoms with Gasteiger partial charge >= 0.3 is 0 Å². The predicted octanol–water partition coefficient (Wildman–Crippen LogP) is 3.57. The van der Waals surface area contributed by atoms with Crippen molar-refractivity contribution in [2.45, 2.75) is 40.2 Å². The van der Waals surface area contributed by atoms with Gasteiger partial charge in [-0.05, 0) is 44.5 Å². The Labute approximate surface area is 165 Å². The van der Waals surface area contributed by atoms with Gasteiger partial charge in [-0.2, -0.15) is 5.10 Å². The van der Waals surface area contributed by atoms with E-state index in [1.165, 1.54) is 12.1 Å². The topological polar surface area (TPSA) is 50.1 Å². The predicted molar refractivity (Wildman–Crippen MR) is 111 cm³/mol. The molecule has 0 radical (unpaired) electrons. The normalized spacial score (nSPS) is 14.9. The maximum Gasteiger partial charge on any atom is 0.158 e. The lowest BCUT2D eigenvalue weighted by Crippen LogP contribution is -2.47. The average molecular weight is 382 g/mol. The Balaban J connectivity index is 1.64. The molecule has 3 heterocycles. The third-order valence-electron chi connectivity index (χ3n) is 5.33. The molecule has 7 heteroatoms. The van der Waals surface area contributed by atoms with Crippen LogP contribution < -0.4 is 9.80 Å². The van der Waals surface area contributed by atoms with E-state index in [4.69, 9.17) is 9.97 Å². The highest BCUT2D eigenvalue weighted by atomic mass is 19.1. The fraction of sp³-hybridized carbons (Fsp3) is 0.476. The van der Waals surface area contributed by atoms with Gasteiger partial charge in [0.2, 0.25) is 0 Å². The Morgan fingerprint density at radius 3 is 2.29 bits per heavy atom. The van der Waals surface area contributed by atoms with Crippen LogP contribution in [0.25, 0.3) is 11.0 Å². The van der Waals surface area contributed by atoms with E-state index in [1.807, 2.05) is 23.7 Å². The van der Waals surface area contributed by atoms with Gasteiger partial charge in [0.25, 0.3) is 0 Å². The van der Waals surface area contributed by atoms with Crippen LogP contribution in [-0.2, 0) is 13.0 Å². The number of hydrogen-bond acceptors (Lipinski definition) is 5. The van der Waals surface area contributed by atoms with Gasteiger partial charge in [-0.15, -0.1) is 0 Å². The molecule has 3 aromatic rings. The third-order valence-corrected chi connectivity index (χ3v) is 5.33. The van der Waals surface area contributed by atoms with Gasteiger partial charge in [-0.1, -0.05) is 6.92 Å². The number of fused-ring (bicyclic) bond motifs is 1. The van der Waals surface area contributed by atoms with E-state index in [2.05, 4.69) is 28.7 Å². The maximum atomic E-state index is 13.2. The number of aryl methyl sites for hydroxylation is 3. The Morgan fingerprint density at radius 2 is 1.64 bits per heavy atom. The minimum absolute atomic E-state index is 0.197. The van der Waals surface area contributed by atoms with Crippen LogP contribution in [0.3, 0.4) is 0 Å². The zero-order valence-electron chi connectivity index (χ0n) is 16.8. The molecular weight excluding hydrogens is 355 g/mol. The van der Waals surface area contributed by atoms with E-state index in [1.54, 1.807) is 0 Å². The van der Waals surface area contributed by atoms with Crippen LogP contribution in [0.4, 0.5) is 15.9 Å². The summed E-state index contributed by atoms with van der Waals surface area (Å²) < 4.78 is 15.2. The van der Waals surface area contributed by atoms with Crippen molar-refractivity contribution in [2.75, 3.05) is 36.0 Å². The molecule has 1 aromatic carbocycles. The van der Waals surface area contributed by atoms with Gasteiger partial charge in [-0.25, -0.2) is 14.4 Å². The molecule has 148 valence electrons. The van der Waals surface area contributed by atoms with E-state index in [9.17, 15) is 4.39 Å². The molecule has 0 atom stereocenters. The highest BCUT2D eigenvalue weighted by molar-refractivity contribution is 5.88. The fourth-order valence-electron chi connectivity index (χ4n) is 3.87. The highest BCUT2D eigenvalue weighted by Gasteiger charge is 2.24. The molecule has 4 rings (SSSR count). The zero-order chi connectivity index (χ0) is 19.7. The molecule has 1 aliphatic rings. The van der Waals surface area contributed by atoms with Crippen LogP contribution in [0.5, 0.6) is 0 Å². The lowest BCUT2D eigenvalue weighted by Gasteiger charge is -2.37. The third kappa shape index (κ3) is 3.41. The highest BCUT2D eigenvalue weighted by Crippen LogP contribution is 2.28. The Bertz CT molecular complexity index is 957. The van der Waals surface area contributed by atoms with Crippen LogP contribution in [0.2, 0.25) is 0 Å². The van der Waals surface area contributed by atoms with Gasteiger partial charge < -0.3 is 9.80 Å². The molecular formula is C21H27FN6. The summed E-state index contributed by atoms with van der Waals surface area (Å²) in [6, 6.07) is 6.75. The molecule has 0 unspecified atom stereocenters. The van der Waals surface area contributed by atoms with Crippen LogP contribution >= 0.6 is 0 Å². The van der Waals surface area contributed by atoms with E-state index in [0.29, 0.717) is 0 Å². The minimum atomic E-state index is -0.197. The van der Waals surface area contributed by atoms with Crippen molar-refractivity contribution in [3.05, 3.63) is 41.6 Å². The Hall–Kier alpha value is -2.70. The van der Waals surface area contributed by atoms with Crippen molar-refractivity contribution >= 4 is 22.5 Å². The number of halogens is 1. The lowest BCUT2D eigenvalue weighted by atomic mass is 10.2. The van der Waals surface area contributed by atoms with Gasteiger partial charge in [0, 0.05) is 44.8 Å². The summed E-state index contributed by atoms with van der Waals surface area (Å²) in [5.41, 5.74) is 4.03. The summed E-state index contributed by atoms with van der Waals surface area (Å²) in [5, 5.41) is 4.68. The van der Waals surface area contributed by atoms with Gasteiger partial charge in [-0.3, -0.25) is 4.68 Å². The standard InChI is InChI=1S/C21H27FN6/c1-4-6-18-23-19-15(3)25-28(5-2)20(19)21(24-18)27-13-11-26(12-14-27)17-9-7-16(22)8-10-17/h7-10H,4-6,11-14H2,1-3H3. The van der Waals surface area contributed by atoms with Crippen molar-refractivity contribution in [3.8, 4) is 0 Å². The molecule has 6 nitrogen and oxygen atoms in total. The number of aromatic nitrogens is 4. The smallest absolute Gasteiger partial charge is 0.158 e. The Kier molecular flexibility index (Phi) is 5.15. The minimum Gasteiger partial charge on any atom is -0.368 e. The number of piperazine rings is 1. The molecule has 1 aliphatic heterocycles. The second kappa shape index (κ2) is 7.73. The number of anilines is 2. The first-order chi connectivity index (χ1) is 13.6. The molecule has 28 heavy (non-hydrogen) atoms. The number of hydrogen-bond donors (Lipinski definition) is 0. The van der Waals surface area contributed by atoms with Crippen molar-refractivity contribution in [1.82, 2.24) is 19.7 Å². The molecule has 1 fully saturated rings. The Morgan fingerprint density at radius 1 is 0.964 bits per heavy atom. The SMILES string of the molecule is CCCc1nc(N2CCN(c3ccc(F)cc3)CC2)c2c(n1)c(C)nn2CC. The van der Waals surface area contributed by atoms with E-state index in [0.717, 1.165) is 79.6 Å². The monoisotopic (exact) mass is 382 g/mol. The zero-order valence-corrected chi connectivity index (χ0v) is 16.8. The molecule has 0 amide bonds. The summed E-state index contributed by atoms with van der Waals surface area (Å²) in [4.78, 5) is 14.4. The quantitative estimate of drug-likeness (QED) is 0.675. The molecule has 0 saturated carbocycles. The molecule has 0 bridgehead atoms. The molecule has 0 spiro atoms. The summed E-state index contributed by atoms with van der Waals surface area (Å²) >= 11 is 0. The first-order valence-electron chi connectivity index (χ1n) is 10.1. The summed E-state index contributed by atoms with van der Waals surface area (Å²) in [6.45, 7) is 10.5. The fourth-order valence-corrected chi connectivity index (χ4v) is 3.87. The second-order valence-electron chi connectivity index (χ2n) is 7.26. The van der Waals surface area contributed by atoms with E-state index in [-0.39, 0.29) is 5.82 Å². The first kappa shape index (κ1) is 18.7. The van der Waals surface area contributed by atoms with Crippen LogP contribution in [0.1, 0.15) is 31.8 Å². The van der Waals surface area contributed by atoms with Crippen molar-refractivity contribution < 1.29 is 4.39 Å². The first-order valence-corrected chi connectivity index (χ1v) is 10.1. The number of rotatable bonds is 5. The average Bonchev–Trinajstić information content (AvgIpc) is 3.04. The van der Waals surface area contributed by atoms with Gasteiger partial charge in [0.15, 0.2) is 5.82 Å². The van der Waals surface area contributed by atoms with Gasteiger partial charge in [0.1, 0.15) is 22.7 Å². The van der Waals surface area contributed by atoms with Crippen LogP contribution in [-0.4, -0.2) is 45.9 Å². The molecule has 0 N–H and O–H groups in total. The van der Waals surface area contributed by atoms with E-state index < -0.39 is 0 Å². The molecule has 2 aromatic heterocycles. The molecule has 1 saturated heterocycles. The van der Waals surface area contributed by atoms with Gasteiger partial charge in [0.05, 0.1) is 5.69 Å². The second-order valence-corrected chi connectivity index (χ2v) is 7.26. The summed E-state index contributed by atoms with van der Waals surface area (Å²) in [6.07, 6.45) is 1.89. The molecule has 0 aliphatic carbocycles. The summed E-state index contributed by atoms with van der Waals surface area (Å²) in [7, 11) is 0. The largest absolute Gasteiger partial charge is 0.368 e. The van der Waals surface area contributed by atoms with Crippen molar-refractivity contribution in [3.63, 3.8) is 0 Å². The van der Waals surface area contributed by atoms with E-state index >= 15 is 0 Å². The summed E-state index contributed by atoms with van der Waals surface area (Å²) in [5.74, 6) is 1.69. The van der Waals surface area contributed by atoms with Crippen LogP contribution in [0, 0.1) is 12.7 Å². The maximum absolute atomic E-state index is 13.2. The van der Waals surface area contributed by atoms with Crippen molar-refractivity contribution in [1.29, 1.82) is 0 Å². The van der Waals surface area contributed by atoms with Crippen molar-refractivity contribution in [2.24, 2.45) is 0 Å². The number of nitrogens with zero attached hydrogens (tertiary/aromatic N) is 6. The van der Waals surface area contributed by atoms with Crippen LogP contribution in [0.15, 0.2) is 24.3 Å². The lowest BCUT2D eigenvalue weighted by molar-refractivity contribution is 0.623.